The van der Waals surface area contributed by atoms with Gasteiger partial charge in [-0.05, 0) is 18.9 Å². The standard InChI is InChI=1S/C13H16F3NO2/c14-13(15,16)19-8-7-18-12-4-2-1-3-10(12)9-17-11-5-6-11/h1-4,11,17H,5-9H2. The Morgan fingerprint density at radius 1 is 1.16 bits per heavy atom. The van der Waals surface area contributed by atoms with Crippen molar-refractivity contribution in [1.29, 1.82) is 0 Å². The van der Waals surface area contributed by atoms with Gasteiger partial charge in [0.25, 0.3) is 0 Å². The Balaban J connectivity index is 1.77. The fourth-order valence-electron chi connectivity index (χ4n) is 1.64. The minimum Gasteiger partial charge on any atom is -0.491 e. The highest BCUT2D eigenvalue weighted by Crippen LogP contribution is 2.22. The SMILES string of the molecule is FC(F)(F)OCCOc1ccccc1CNC1CC1. The third-order valence-corrected chi connectivity index (χ3v) is 2.74. The lowest BCUT2D eigenvalue weighted by atomic mass is 10.2. The summed E-state index contributed by atoms with van der Waals surface area (Å²) in [7, 11) is 0. The fourth-order valence-corrected chi connectivity index (χ4v) is 1.64. The van der Waals surface area contributed by atoms with E-state index in [1.54, 1.807) is 12.1 Å². The van der Waals surface area contributed by atoms with Crippen LogP contribution in [0.5, 0.6) is 5.75 Å². The molecule has 0 saturated heterocycles. The molecule has 19 heavy (non-hydrogen) atoms. The maximum absolute atomic E-state index is 11.8. The third kappa shape index (κ3) is 5.48. The second-order valence-corrected chi connectivity index (χ2v) is 4.41. The average Bonchev–Trinajstić information content (AvgIpc) is 3.16. The first-order chi connectivity index (χ1) is 9.04. The Morgan fingerprint density at radius 2 is 1.89 bits per heavy atom. The topological polar surface area (TPSA) is 30.5 Å². The molecule has 106 valence electrons. The Kier molecular flexibility index (Phi) is 4.66. The van der Waals surface area contributed by atoms with Crippen molar-refractivity contribution >= 4 is 0 Å². The summed E-state index contributed by atoms with van der Waals surface area (Å²) in [5.41, 5.74) is 0.946. The highest BCUT2D eigenvalue weighted by molar-refractivity contribution is 5.33. The molecule has 1 aromatic rings. The molecule has 3 nitrogen and oxygen atoms in total. The van der Waals surface area contributed by atoms with E-state index in [1.807, 2.05) is 12.1 Å². The lowest BCUT2D eigenvalue weighted by Crippen LogP contribution is -2.19. The molecule has 1 N–H and O–H groups in total. The molecule has 0 bridgehead atoms. The normalized spacial score (nSPS) is 15.5. The quantitative estimate of drug-likeness (QED) is 0.776. The van der Waals surface area contributed by atoms with Crippen molar-refractivity contribution < 1.29 is 22.6 Å². The fraction of sp³-hybridized carbons (Fsp3) is 0.538. The Hall–Kier alpha value is -1.27. The number of para-hydroxylation sites is 1. The zero-order valence-electron chi connectivity index (χ0n) is 10.4. The van der Waals surface area contributed by atoms with Crippen LogP contribution in [0, 0.1) is 0 Å². The molecule has 1 aliphatic rings. The summed E-state index contributed by atoms with van der Waals surface area (Å²) in [4.78, 5) is 0. The summed E-state index contributed by atoms with van der Waals surface area (Å²) < 4.78 is 44.3. The lowest BCUT2D eigenvalue weighted by molar-refractivity contribution is -0.325. The van der Waals surface area contributed by atoms with Gasteiger partial charge in [-0.1, -0.05) is 18.2 Å². The molecule has 0 radical (unpaired) electrons. The number of alkyl halides is 3. The van der Waals surface area contributed by atoms with Gasteiger partial charge in [0.15, 0.2) is 0 Å². The molecule has 2 rings (SSSR count). The predicted molar refractivity (Wildman–Crippen MR) is 63.8 cm³/mol. The third-order valence-electron chi connectivity index (χ3n) is 2.74. The highest BCUT2D eigenvalue weighted by Gasteiger charge is 2.28. The summed E-state index contributed by atoms with van der Waals surface area (Å²) in [6.45, 7) is 0.0365. The van der Waals surface area contributed by atoms with Crippen LogP contribution >= 0.6 is 0 Å². The van der Waals surface area contributed by atoms with Crippen LogP contribution in [0.3, 0.4) is 0 Å². The largest absolute Gasteiger partial charge is 0.522 e. The summed E-state index contributed by atoms with van der Waals surface area (Å²) in [6, 6.07) is 7.89. The molecule has 0 spiro atoms. The molecule has 0 heterocycles. The van der Waals surface area contributed by atoms with Gasteiger partial charge in [-0.25, -0.2) is 0 Å². The van der Waals surface area contributed by atoms with Gasteiger partial charge in [0.1, 0.15) is 12.4 Å². The monoisotopic (exact) mass is 275 g/mol. The molecule has 1 aliphatic carbocycles. The maximum atomic E-state index is 11.8. The molecular weight excluding hydrogens is 259 g/mol. The van der Waals surface area contributed by atoms with Crippen LogP contribution in [0.15, 0.2) is 24.3 Å². The molecule has 1 fully saturated rings. The van der Waals surface area contributed by atoms with Crippen LogP contribution in [-0.2, 0) is 11.3 Å². The number of hydrogen-bond donors (Lipinski definition) is 1. The van der Waals surface area contributed by atoms with Crippen LogP contribution in [0.25, 0.3) is 0 Å². The Morgan fingerprint density at radius 3 is 2.58 bits per heavy atom. The maximum Gasteiger partial charge on any atom is 0.522 e. The van der Waals surface area contributed by atoms with E-state index < -0.39 is 13.0 Å². The van der Waals surface area contributed by atoms with Crippen molar-refractivity contribution in [2.75, 3.05) is 13.2 Å². The number of hydrogen-bond acceptors (Lipinski definition) is 3. The van der Waals surface area contributed by atoms with E-state index in [0.29, 0.717) is 18.3 Å². The van der Waals surface area contributed by atoms with Crippen LogP contribution in [0.4, 0.5) is 13.2 Å². The van der Waals surface area contributed by atoms with Crippen LogP contribution in [0.2, 0.25) is 0 Å². The van der Waals surface area contributed by atoms with Crippen molar-refractivity contribution in [1.82, 2.24) is 5.32 Å². The van der Waals surface area contributed by atoms with Crippen molar-refractivity contribution in [2.45, 2.75) is 31.8 Å². The van der Waals surface area contributed by atoms with E-state index >= 15 is 0 Å². The number of halogens is 3. The second kappa shape index (κ2) is 6.25. The molecular formula is C13H16F3NO2. The first kappa shape index (κ1) is 14.1. The van der Waals surface area contributed by atoms with E-state index in [4.69, 9.17) is 4.74 Å². The Labute approximate surface area is 109 Å². The first-order valence-corrected chi connectivity index (χ1v) is 6.19. The van der Waals surface area contributed by atoms with Crippen molar-refractivity contribution in [3.8, 4) is 5.75 Å². The van der Waals surface area contributed by atoms with Gasteiger partial charge in [-0.3, -0.25) is 4.74 Å². The molecule has 0 aliphatic heterocycles. The van der Waals surface area contributed by atoms with Gasteiger partial charge in [0.05, 0.1) is 6.61 Å². The van der Waals surface area contributed by atoms with E-state index in [-0.39, 0.29) is 6.61 Å². The molecule has 6 heteroatoms. The smallest absolute Gasteiger partial charge is 0.491 e. The Bertz CT molecular complexity index is 405. The molecule has 0 unspecified atom stereocenters. The summed E-state index contributed by atoms with van der Waals surface area (Å²) in [5.74, 6) is 0.599. The van der Waals surface area contributed by atoms with Gasteiger partial charge < -0.3 is 10.1 Å². The van der Waals surface area contributed by atoms with Gasteiger partial charge in [0, 0.05) is 18.2 Å². The number of benzene rings is 1. The molecule has 0 amide bonds. The average molecular weight is 275 g/mol. The van der Waals surface area contributed by atoms with Crippen molar-refractivity contribution in [3.05, 3.63) is 29.8 Å². The van der Waals surface area contributed by atoms with Gasteiger partial charge in [0.2, 0.25) is 0 Å². The first-order valence-electron chi connectivity index (χ1n) is 6.19. The van der Waals surface area contributed by atoms with E-state index in [9.17, 15) is 13.2 Å². The van der Waals surface area contributed by atoms with Gasteiger partial charge >= 0.3 is 6.36 Å². The van der Waals surface area contributed by atoms with E-state index in [0.717, 1.165) is 5.56 Å². The lowest BCUT2D eigenvalue weighted by Gasteiger charge is -2.12. The highest BCUT2D eigenvalue weighted by atomic mass is 19.4. The van der Waals surface area contributed by atoms with E-state index in [2.05, 4.69) is 10.1 Å². The summed E-state index contributed by atoms with van der Waals surface area (Å²) in [6.07, 6.45) is -2.23. The molecule has 0 aromatic heterocycles. The van der Waals surface area contributed by atoms with Gasteiger partial charge in [-0.2, -0.15) is 0 Å². The van der Waals surface area contributed by atoms with Crippen LogP contribution in [0.1, 0.15) is 18.4 Å². The zero-order chi connectivity index (χ0) is 13.7. The molecule has 1 aromatic carbocycles. The summed E-state index contributed by atoms with van der Waals surface area (Å²) >= 11 is 0. The number of nitrogens with one attached hydrogen (secondary N) is 1. The zero-order valence-corrected chi connectivity index (χ0v) is 10.4. The minimum absolute atomic E-state index is 0.125. The second-order valence-electron chi connectivity index (χ2n) is 4.41. The molecule has 0 atom stereocenters. The van der Waals surface area contributed by atoms with Gasteiger partial charge in [-0.15, -0.1) is 13.2 Å². The van der Waals surface area contributed by atoms with Crippen molar-refractivity contribution in [2.24, 2.45) is 0 Å². The number of ether oxygens (including phenoxy) is 2. The predicted octanol–water partition coefficient (Wildman–Crippen LogP) is 2.85. The van der Waals surface area contributed by atoms with E-state index in [1.165, 1.54) is 12.8 Å². The van der Waals surface area contributed by atoms with Crippen LogP contribution < -0.4 is 10.1 Å². The summed E-state index contributed by atoms with van der Waals surface area (Å²) in [5, 5.41) is 3.34. The van der Waals surface area contributed by atoms with Crippen molar-refractivity contribution in [3.63, 3.8) is 0 Å². The minimum atomic E-state index is -4.60. The molecule has 1 saturated carbocycles. The van der Waals surface area contributed by atoms with Crippen LogP contribution in [-0.4, -0.2) is 25.6 Å². The number of rotatable bonds is 7.